The van der Waals surface area contributed by atoms with E-state index in [9.17, 15) is 9.59 Å². The van der Waals surface area contributed by atoms with Crippen LogP contribution in [-0.2, 0) is 17.6 Å². The number of anilines is 1. The molecule has 0 saturated heterocycles. The molecule has 10 heteroatoms. The molecule has 0 bridgehead atoms. The first-order valence-corrected chi connectivity index (χ1v) is 10.7. The summed E-state index contributed by atoms with van der Waals surface area (Å²) in [5.41, 5.74) is 8.81. The van der Waals surface area contributed by atoms with Gasteiger partial charge in [0, 0.05) is 16.3 Å². The normalized spacial score (nSPS) is 14.2. The molecule has 0 fully saturated rings. The summed E-state index contributed by atoms with van der Waals surface area (Å²) in [4.78, 5) is 34.5. The molecule has 1 atom stereocenters. The summed E-state index contributed by atoms with van der Waals surface area (Å²) in [7, 11) is 0. The number of aryl methyl sites for hydroxylation is 3. The highest BCUT2D eigenvalue weighted by Gasteiger charge is 2.27. The van der Waals surface area contributed by atoms with Crippen LogP contribution in [0.3, 0.4) is 0 Å². The molecule has 3 aromatic heterocycles. The van der Waals surface area contributed by atoms with Crippen molar-refractivity contribution in [2.45, 2.75) is 50.4 Å². The number of primary amides is 1. The fourth-order valence-electron chi connectivity index (χ4n) is 3.38. The van der Waals surface area contributed by atoms with E-state index in [2.05, 4.69) is 20.4 Å². The number of nitrogens with two attached hydrogens (primary N) is 1. The van der Waals surface area contributed by atoms with E-state index in [1.807, 2.05) is 19.9 Å². The lowest BCUT2D eigenvalue weighted by atomic mass is 10.1. The van der Waals surface area contributed by atoms with Gasteiger partial charge >= 0.3 is 0 Å². The van der Waals surface area contributed by atoms with Crippen LogP contribution < -0.4 is 11.1 Å². The zero-order valence-electron chi connectivity index (χ0n) is 15.8. The summed E-state index contributed by atoms with van der Waals surface area (Å²) in [5.74, 6) is -0.195. The Labute approximate surface area is 169 Å². The van der Waals surface area contributed by atoms with E-state index in [4.69, 9.17) is 5.73 Å². The van der Waals surface area contributed by atoms with Crippen molar-refractivity contribution in [3.63, 3.8) is 0 Å². The Morgan fingerprint density at radius 1 is 1.32 bits per heavy atom. The standard InChI is InChI=1S/C18H20N6O2S2/c1-8-7-9(2)24-17(20-8)22-18(23-24)27-10(3)15(26)21-16-13(14(19)25)11-5-4-6-12(11)28-16/h7,10H,4-6H2,1-3H3,(H2,19,25)(H,21,26)/t10-/m0/s1. The summed E-state index contributed by atoms with van der Waals surface area (Å²) < 4.78 is 1.66. The van der Waals surface area contributed by atoms with Gasteiger partial charge in [-0.3, -0.25) is 9.59 Å². The highest BCUT2D eigenvalue weighted by Crippen LogP contribution is 2.39. The van der Waals surface area contributed by atoms with E-state index >= 15 is 0 Å². The van der Waals surface area contributed by atoms with Crippen LogP contribution >= 0.6 is 23.1 Å². The number of nitrogens with one attached hydrogen (secondary N) is 1. The zero-order chi connectivity index (χ0) is 20.0. The van der Waals surface area contributed by atoms with Gasteiger partial charge in [-0.1, -0.05) is 11.8 Å². The number of carbonyl (C=O) groups excluding carboxylic acids is 2. The predicted molar refractivity (Wildman–Crippen MR) is 109 cm³/mol. The van der Waals surface area contributed by atoms with Crippen molar-refractivity contribution in [1.82, 2.24) is 19.6 Å². The fourth-order valence-corrected chi connectivity index (χ4v) is 5.42. The molecule has 2 amide bonds. The van der Waals surface area contributed by atoms with Crippen molar-refractivity contribution in [2.75, 3.05) is 5.32 Å². The summed E-state index contributed by atoms with van der Waals surface area (Å²) in [6.45, 7) is 5.62. The summed E-state index contributed by atoms with van der Waals surface area (Å²) >= 11 is 2.70. The number of fused-ring (bicyclic) bond motifs is 2. The molecule has 0 saturated carbocycles. The van der Waals surface area contributed by atoms with E-state index in [1.165, 1.54) is 23.1 Å². The highest BCUT2D eigenvalue weighted by atomic mass is 32.2. The Hall–Kier alpha value is -2.46. The number of carbonyl (C=O) groups is 2. The molecule has 1 aliphatic rings. The second-order valence-electron chi connectivity index (χ2n) is 6.82. The molecular weight excluding hydrogens is 396 g/mol. The van der Waals surface area contributed by atoms with Crippen LogP contribution in [0, 0.1) is 13.8 Å². The van der Waals surface area contributed by atoms with Gasteiger partial charge in [0.25, 0.3) is 11.7 Å². The highest BCUT2D eigenvalue weighted by molar-refractivity contribution is 8.00. The first-order chi connectivity index (χ1) is 13.3. The zero-order valence-corrected chi connectivity index (χ0v) is 17.4. The molecule has 4 rings (SSSR count). The van der Waals surface area contributed by atoms with Crippen LogP contribution in [0.1, 0.15) is 45.5 Å². The number of aromatic nitrogens is 4. The molecule has 3 N–H and O–H groups in total. The topological polar surface area (TPSA) is 115 Å². The molecule has 0 spiro atoms. The lowest BCUT2D eigenvalue weighted by molar-refractivity contribution is -0.115. The Kier molecular flexibility index (Phi) is 4.84. The summed E-state index contributed by atoms with van der Waals surface area (Å²) in [5, 5.41) is 7.88. The predicted octanol–water partition coefficient (Wildman–Crippen LogP) is 2.51. The number of thiophene rings is 1. The van der Waals surface area contributed by atoms with E-state index in [0.717, 1.165) is 41.1 Å². The average Bonchev–Trinajstić information content (AvgIpc) is 3.28. The maximum Gasteiger partial charge on any atom is 0.253 e. The minimum atomic E-state index is -0.492. The van der Waals surface area contributed by atoms with Crippen molar-refractivity contribution in [1.29, 1.82) is 0 Å². The quantitative estimate of drug-likeness (QED) is 0.618. The first kappa shape index (κ1) is 18.9. The van der Waals surface area contributed by atoms with Crippen LogP contribution in [0.4, 0.5) is 5.00 Å². The number of hydrogen-bond acceptors (Lipinski definition) is 7. The van der Waals surface area contributed by atoms with E-state index in [0.29, 0.717) is 21.5 Å². The summed E-state index contributed by atoms with van der Waals surface area (Å²) in [6.07, 6.45) is 2.78. The number of nitrogens with zero attached hydrogens (tertiary/aromatic N) is 4. The van der Waals surface area contributed by atoms with E-state index in [-0.39, 0.29) is 5.91 Å². The SMILES string of the molecule is Cc1cc(C)n2nc(S[C@@H](C)C(=O)Nc3sc4c(c3C(N)=O)CCC4)nc2n1. The lowest BCUT2D eigenvalue weighted by Crippen LogP contribution is -2.24. The maximum absolute atomic E-state index is 12.7. The molecule has 0 aliphatic heterocycles. The van der Waals surface area contributed by atoms with Crippen LogP contribution in [0.25, 0.3) is 5.78 Å². The molecule has 3 aromatic rings. The smallest absolute Gasteiger partial charge is 0.253 e. The molecule has 1 aliphatic carbocycles. The van der Waals surface area contributed by atoms with Gasteiger partial charge in [0.1, 0.15) is 5.00 Å². The molecule has 28 heavy (non-hydrogen) atoms. The maximum atomic E-state index is 12.7. The van der Waals surface area contributed by atoms with Gasteiger partial charge < -0.3 is 11.1 Å². The van der Waals surface area contributed by atoms with Gasteiger partial charge in [-0.15, -0.1) is 16.4 Å². The Morgan fingerprint density at radius 2 is 2.11 bits per heavy atom. The Morgan fingerprint density at radius 3 is 2.86 bits per heavy atom. The van der Waals surface area contributed by atoms with Gasteiger partial charge in [0.2, 0.25) is 11.1 Å². The Bertz CT molecular complexity index is 1100. The number of thioether (sulfide) groups is 1. The molecule has 0 aromatic carbocycles. The number of hydrogen-bond donors (Lipinski definition) is 2. The number of rotatable bonds is 5. The van der Waals surface area contributed by atoms with Crippen molar-refractivity contribution in [3.8, 4) is 0 Å². The van der Waals surface area contributed by atoms with Crippen molar-refractivity contribution < 1.29 is 9.59 Å². The third-order valence-corrected chi connectivity index (χ3v) is 6.81. The minimum absolute atomic E-state index is 0.216. The monoisotopic (exact) mass is 416 g/mol. The van der Waals surface area contributed by atoms with Crippen LogP contribution in [0.15, 0.2) is 11.2 Å². The van der Waals surface area contributed by atoms with Crippen LogP contribution in [-0.4, -0.2) is 36.6 Å². The van der Waals surface area contributed by atoms with Gasteiger partial charge in [-0.25, -0.2) is 9.50 Å². The first-order valence-electron chi connectivity index (χ1n) is 8.96. The third kappa shape index (κ3) is 3.37. The van der Waals surface area contributed by atoms with Crippen molar-refractivity contribution in [3.05, 3.63) is 33.5 Å². The van der Waals surface area contributed by atoms with Crippen LogP contribution in [0.5, 0.6) is 0 Å². The molecular formula is C18H20N6O2S2. The molecule has 0 unspecified atom stereocenters. The van der Waals surface area contributed by atoms with Gasteiger partial charge in [-0.2, -0.15) is 4.98 Å². The molecule has 0 radical (unpaired) electrons. The Balaban J connectivity index is 1.52. The van der Waals surface area contributed by atoms with E-state index in [1.54, 1.807) is 11.4 Å². The lowest BCUT2D eigenvalue weighted by Gasteiger charge is -2.10. The van der Waals surface area contributed by atoms with Crippen LogP contribution in [0.2, 0.25) is 0 Å². The summed E-state index contributed by atoms with van der Waals surface area (Å²) in [6, 6.07) is 1.92. The number of amides is 2. The largest absolute Gasteiger partial charge is 0.365 e. The third-order valence-electron chi connectivity index (χ3n) is 4.65. The second-order valence-corrected chi connectivity index (χ2v) is 9.23. The van der Waals surface area contributed by atoms with Gasteiger partial charge in [-0.05, 0) is 51.7 Å². The molecule has 3 heterocycles. The fraction of sp³-hybridized carbons (Fsp3) is 0.389. The van der Waals surface area contributed by atoms with Gasteiger partial charge in [0.05, 0.1) is 10.8 Å². The minimum Gasteiger partial charge on any atom is -0.365 e. The second kappa shape index (κ2) is 7.17. The van der Waals surface area contributed by atoms with Gasteiger partial charge in [0.15, 0.2) is 0 Å². The molecule has 8 nitrogen and oxygen atoms in total. The van der Waals surface area contributed by atoms with E-state index < -0.39 is 11.2 Å². The molecule has 146 valence electrons. The average molecular weight is 417 g/mol. The van der Waals surface area contributed by atoms with Crippen molar-refractivity contribution in [2.24, 2.45) is 5.73 Å². The van der Waals surface area contributed by atoms with Crippen molar-refractivity contribution >= 4 is 45.7 Å².